The van der Waals surface area contributed by atoms with Crippen LogP contribution in [-0.4, -0.2) is 27.3 Å². The van der Waals surface area contributed by atoms with Crippen molar-refractivity contribution >= 4 is 37.8 Å². The van der Waals surface area contributed by atoms with Crippen LogP contribution >= 0.6 is 31.9 Å². The van der Waals surface area contributed by atoms with Crippen molar-refractivity contribution in [2.75, 3.05) is 5.33 Å². The van der Waals surface area contributed by atoms with Gasteiger partial charge in [0.05, 0.1) is 0 Å². The highest BCUT2D eigenvalue weighted by molar-refractivity contribution is 9.10. The Balaban J connectivity index is 4.14. The van der Waals surface area contributed by atoms with Crippen LogP contribution in [0.1, 0.15) is 6.92 Å². The van der Waals surface area contributed by atoms with Crippen molar-refractivity contribution in [2.45, 2.75) is 18.0 Å². The van der Waals surface area contributed by atoms with E-state index in [1.54, 1.807) is 0 Å². The monoisotopic (exact) mass is 303 g/mol. The second-order valence-electron chi connectivity index (χ2n) is 1.96. The summed E-state index contributed by atoms with van der Waals surface area (Å²) >= 11 is 5.79. The first-order valence-electron chi connectivity index (χ1n) is 2.99. The average molecular weight is 305 g/mol. The summed E-state index contributed by atoms with van der Waals surface area (Å²) in [4.78, 5) is 19.1. The van der Waals surface area contributed by atoms with Gasteiger partial charge in [0.1, 0.15) is 0 Å². The molecule has 5 nitrogen and oxygen atoms in total. The number of alkyl halides is 2. The van der Waals surface area contributed by atoms with Gasteiger partial charge in [-0.3, -0.25) is 14.9 Å². The fourth-order valence-corrected chi connectivity index (χ4v) is 1.79. The highest BCUT2D eigenvalue weighted by Gasteiger charge is 2.30. The summed E-state index contributed by atoms with van der Waals surface area (Å²) in [6, 6.07) is 0. The quantitative estimate of drug-likeness (QED) is 0.258. The molecule has 7 heteroatoms. The summed E-state index contributed by atoms with van der Waals surface area (Å²) in [5, 5.41) is 10.5. The lowest BCUT2D eigenvalue weighted by Gasteiger charge is -2.13. The van der Waals surface area contributed by atoms with E-state index in [-0.39, 0.29) is 5.33 Å². The van der Waals surface area contributed by atoms with Gasteiger partial charge in [0.2, 0.25) is 0 Å². The maximum absolute atomic E-state index is 10.5. The Hall–Kier alpha value is -0.170. The molecule has 0 aliphatic heterocycles. The Kier molecular flexibility index (Phi) is 5.39. The van der Waals surface area contributed by atoms with Gasteiger partial charge in [-0.1, -0.05) is 15.9 Å². The third-order valence-electron chi connectivity index (χ3n) is 0.978. The van der Waals surface area contributed by atoms with Crippen molar-refractivity contribution in [2.24, 2.45) is 0 Å². The van der Waals surface area contributed by atoms with Gasteiger partial charge in [0.15, 0.2) is 6.10 Å². The van der Waals surface area contributed by atoms with Crippen LogP contribution in [0.2, 0.25) is 0 Å². The van der Waals surface area contributed by atoms with Crippen LogP contribution in [0.4, 0.5) is 0 Å². The van der Waals surface area contributed by atoms with E-state index in [1.165, 1.54) is 6.92 Å². The second kappa shape index (κ2) is 5.47. The molecule has 0 amide bonds. The third kappa shape index (κ3) is 4.01. The minimum Gasteiger partial charge on any atom is -0.453 e. The van der Waals surface area contributed by atoms with Crippen LogP contribution in [0.15, 0.2) is 0 Å². The molecule has 0 bridgehead atoms. The molecule has 0 aromatic rings. The molecule has 0 spiro atoms. The van der Waals surface area contributed by atoms with Gasteiger partial charge >= 0.3 is 10.9 Å². The Morgan fingerprint density at radius 2 is 2.25 bits per heavy atom. The molecule has 0 fully saturated rings. The number of hydrogen-bond donors (Lipinski definition) is 0. The molecule has 0 aromatic heterocycles. The van der Waals surface area contributed by atoms with E-state index >= 15 is 0 Å². The molecule has 0 aliphatic rings. The van der Waals surface area contributed by atoms with E-state index in [2.05, 4.69) is 36.6 Å². The lowest BCUT2D eigenvalue weighted by molar-refractivity contribution is -0.502. The van der Waals surface area contributed by atoms with Gasteiger partial charge in [-0.15, -0.1) is 0 Å². The summed E-state index contributed by atoms with van der Waals surface area (Å²) in [5.41, 5.74) is 0. The molecule has 0 radical (unpaired) electrons. The van der Waals surface area contributed by atoms with Gasteiger partial charge < -0.3 is 4.74 Å². The number of ether oxygens (including phenoxy) is 1. The van der Waals surface area contributed by atoms with Gasteiger partial charge in [-0.2, -0.15) is 0 Å². The summed E-state index contributed by atoms with van der Waals surface area (Å²) in [6.07, 6.45) is -0.780. The number of carbonyl (C=O) groups excluding carboxylic acids is 1. The summed E-state index contributed by atoms with van der Waals surface area (Å²) in [5.74, 6) is -0.536. The molecular formula is C5H7Br2NO4. The van der Waals surface area contributed by atoms with E-state index in [9.17, 15) is 14.9 Å². The topological polar surface area (TPSA) is 69.4 Å². The van der Waals surface area contributed by atoms with Crippen molar-refractivity contribution in [1.29, 1.82) is 0 Å². The molecule has 12 heavy (non-hydrogen) atoms. The molecule has 0 rings (SSSR count). The van der Waals surface area contributed by atoms with Gasteiger partial charge in [0.25, 0.3) is 0 Å². The number of rotatable bonds is 4. The zero-order valence-electron chi connectivity index (χ0n) is 6.20. The van der Waals surface area contributed by atoms with Crippen molar-refractivity contribution in [1.82, 2.24) is 0 Å². The maximum Gasteiger partial charge on any atom is 0.303 e. The number of carbonyl (C=O) groups is 1. The van der Waals surface area contributed by atoms with Crippen molar-refractivity contribution in [3.63, 3.8) is 0 Å². The number of esters is 1. The highest BCUT2D eigenvalue weighted by Crippen LogP contribution is 2.12. The number of hydrogen-bond acceptors (Lipinski definition) is 4. The van der Waals surface area contributed by atoms with Crippen LogP contribution < -0.4 is 0 Å². The molecular weight excluding hydrogens is 298 g/mol. The molecule has 0 aliphatic carbocycles. The summed E-state index contributed by atoms with van der Waals surface area (Å²) in [6.45, 7) is 1.20. The van der Waals surface area contributed by atoms with Crippen LogP contribution in [0.3, 0.4) is 0 Å². The van der Waals surface area contributed by atoms with Crippen molar-refractivity contribution in [3.05, 3.63) is 10.1 Å². The zero-order chi connectivity index (χ0) is 9.72. The Bertz CT molecular complexity index is 186. The maximum atomic E-state index is 10.5. The van der Waals surface area contributed by atoms with Gasteiger partial charge in [-0.05, 0) is 0 Å². The van der Waals surface area contributed by atoms with Crippen LogP contribution in [0, 0.1) is 10.1 Å². The molecule has 0 N–H and O–H groups in total. The lowest BCUT2D eigenvalue weighted by Crippen LogP contribution is -2.33. The third-order valence-corrected chi connectivity index (χ3v) is 2.54. The van der Waals surface area contributed by atoms with E-state index in [0.29, 0.717) is 0 Å². The van der Waals surface area contributed by atoms with E-state index in [4.69, 9.17) is 0 Å². The Labute approximate surface area is 85.9 Å². The predicted octanol–water partition coefficient (Wildman–Crippen LogP) is 1.31. The molecule has 2 atom stereocenters. The van der Waals surface area contributed by atoms with Crippen LogP contribution in [-0.2, 0) is 9.53 Å². The van der Waals surface area contributed by atoms with Gasteiger partial charge in [0, 0.05) is 33.1 Å². The molecule has 2 unspecified atom stereocenters. The standard InChI is InChI=1S/C5H7Br2NO4/c1-3(9)12-4(2-6)5(7)8(10)11/h4-5H,2H2,1H3. The van der Waals surface area contributed by atoms with Crippen LogP contribution in [0.5, 0.6) is 0 Å². The van der Waals surface area contributed by atoms with Crippen LogP contribution in [0.25, 0.3) is 0 Å². The minimum atomic E-state index is -1.07. The SMILES string of the molecule is CC(=O)OC(CBr)C(Br)[N+](=O)[O-]. The fraction of sp³-hybridized carbons (Fsp3) is 0.800. The van der Waals surface area contributed by atoms with Crippen molar-refractivity contribution < 1.29 is 14.5 Å². The highest BCUT2D eigenvalue weighted by atomic mass is 79.9. The predicted molar refractivity (Wildman–Crippen MR) is 49.1 cm³/mol. The summed E-state index contributed by atoms with van der Waals surface area (Å²) < 4.78 is 4.65. The first kappa shape index (κ1) is 11.8. The Morgan fingerprint density at radius 1 is 1.75 bits per heavy atom. The molecule has 70 valence electrons. The van der Waals surface area contributed by atoms with E-state index in [1.807, 2.05) is 0 Å². The number of nitrogens with zero attached hydrogens (tertiary/aromatic N) is 1. The number of halogens is 2. The smallest absolute Gasteiger partial charge is 0.303 e. The first-order valence-corrected chi connectivity index (χ1v) is 5.03. The van der Waals surface area contributed by atoms with Gasteiger partial charge in [-0.25, -0.2) is 0 Å². The Morgan fingerprint density at radius 3 is 2.50 bits per heavy atom. The molecule has 0 saturated heterocycles. The van der Waals surface area contributed by atoms with Crippen molar-refractivity contribution in [3.8, 4) is 0 Å². The summed E-state index contributed by atoms with van der Waals surface area (Å²) in [7, 11) is 0. The van der Waals surface area contributed by atoms with E-state index in [0.717, 1.165) is 0 Å². The molecule has 0 saturated carbocycles. The average Bonchev–Trinajstić information content (AvgIpc) is 1.98. The lowest BCUT2D eigenvalue weighted by atomic mass is 10.4. The largest absolute Gasteiger partial charge is 0.453 e. The minimum absolute atomic E-state index is 0.226. The number of nitro groups is 1. The normalized spacial score (nSPS) is 14.9. The molecule has 0 aromatic carbocycles. The fourth-order valence-electron chi connectivity index (χ4n) is 0.510. The van der Waals surface area contributed by atoms with E-state index < -0.39 is 21.9 Å². The zero-order valence-corrected chi connectivity index (χ0v) is 9.37. The first-order chi connectivity index (χ1) is 5.49. The molecule has 0 heterocycles. The second-order valence-corrected chi connectivity index (χ2v) is 3.55.